The molecule has 4 aromatic carbocycles. The number of rotatable bonds is 14. The van der Waals surface area contributed by atoms with Gasteiger partial charge in [0.1, 0.15) is 0 Å². The fourth-order valence-electron chi connectivity index (χ4n) is 6.81. The number of aliphatic imine (C=N–C) groups is 2. The number of methoxy groups -OCH3 is 2. The number of aromatic nitrogens is 2. The van der Waals surface area contributed by atoms with Gasteiger partial charge < -0.3 is 9.47 Å². The molecule has 1 radical (unpaired) electrons. The molecule has 0 bridgehead atoms. The molecule has 0 aliphatic carbocycles. The van der Waals surface area contributed by atoms with E-state index in [1.165, 1.54) is 26.6 Å². The van der Waals surface area contributed by atoms with Gasteiger partial charge in [0.25, 0.3) is 0 Å². The summed E-state index contributed by atoms with van der Waals surface area (Å²) in [5.74, 6) is 1.39. The second kappa shape index (κ2) is 27.4. The van der Waals surface area contributed by atoms with Gasteiger partial charge >= 0.3 is 0 Å². The topological polar surface area (TPSA) is 103 Å². The maximum Gasteiger partial charge on any atom is 0.225 e. The zero-order chi connectivity index (χ0) is 43.3. The number of Topliss-reactive ketones (excluding diaryl/α,β-unsaturated/α-hetero) is 2. The van der Waals surface area contributed by atoms with Crippen LogP contribution in [0.15, 0.2) is 131 Å². The summed E-state index contributed by atoms with van der Waals surface area (Å²) < 4.78 is 10.8. The molecule has 0 fully saturated rings. The average Bonchev–Trinajstić information content (AvgIpc) is 3.27. The van der Waals surface area contributed by atoms with E-state index in [4.69, 9.17) is 9.47 Å². The molecule has 0 aliphatic heterocycles. The van der Waals surface area contributed by atoms with Gasteiger partial charge in [-0.3, -0.25) is 19.6 Å². The number of nitrogens with zero attached hydrogens (tertiary/aromatic N) is 4. The van der Waals surface area contributed by atoms with Crippen LogP contribution in [0.5, 0.6) is 11.8 Å². The van der Waals surface area contributed by atoms with Crippen molar-refractivity contribution in [1.29, 1.82) is 0 Å². The van der Waals surface area contributed by atoms with Crippen LogP contribution in [0.25, 0.3) is 22.5 Å². The molecule has 6 aromatic rings. The number of hydrogen-bond donors (Lipinski definition) is 0. The first-order valence-electron chi connectivity index (χ1n) is 20.5. The Labute approximate surface area is 412 Å². The molecule has 0 amide bonds. The molecule has 0 unspecified atom stereocenters. The molecule has 8 nitrogen and oxygen atoms in total. The number of hydrogen-bond acceptors (Lipinski definition) is 8. The number of ether oxygens (including phenoxy) is 2. The molecule has 0 saturated carbocycles. The first-order chi connectivity index (χ1) is 28.8. The largest absolute Gasteiger partial charge is 0.480 e. The Bertz CT molecular complexity index is 2260. The van der Waals surface area contributed by atoms with Crippen molar-refractivity contribution in [2.24, 2.45) is 9.98 Å². The Hall–Kier alpha value is -4.96. The van der Waals surface area contributed by atoms with Crippen LogP contribution in [-0.2, 0) is 33.3 Å². The first kappa shape index (κ1) is 57.1. The predicted molar refractivity (Wildman–Crippen MR) is 261 cm³/mol. The van der Waals surface area contributed by atoms with Crippen molar-refractivity contribution in [3.05, 3.63) is 155 Å². The van der Waals surface area contributed by atoms with Crippen LogP contribution in [0.2, 0.25) is 0 Å². The van der Waals surface area contributed by atoms with Gasteiger partial charge in [-0.05, 0) is 70.2 Å². The zero-order valence-corrected chi connectivity index (χ0v) is 41.6. The zero-order valence-electron chi connectivity index (χ0n) is 37.9. The number of benzene rings is 4. The summed E-state index contributed by atoms with van der Waals surface area (Å²) >= 11 is 0. The van der Waals surface area contributed by atoms with Crippen molar-refractivity contribution in [3.8, 4) is 34.3 Å². The standard InChI is InChI=1S/2C26H28N2O2.2ClH.Co.Ni/c2*1-17(2)20-12-9-13-21(18(3)4)25(20)27-16-24(29)22-14-15-23(28-26(22)30-5)19-10-7-6-8-11-19;;;;/h2*6-18H,1-5H3;2*1H;;. The van der Waals surface area contributed by atoms with E-state index >= 15 is 0 Å². The third kappa shape index (κ3) is 14.5. The molecule has 0 aliphatic rings. The van der Waals surface area contributed by atoms with Gasteiger partial charge in [-0.2, -0.15) is 0 Å². The summed E-state index contributed by atoms with van der Waals surface area (Å²) in [6.45, 7) is 17.1. The third-order valence-corrected chi connectivity index (χ3v) is 10.1. The number of para-hydroxylation sites is 2. The van der Waals surface area contributed by atoms with E-state index < -0.39 is 0 Å². The maximum absolute atomic E-state index is 12.9. The van der Waals surface area contributed by atoms with Gasteiger partial charge in [-0.25, -0.2) is 9.97 Å². The van der Waals surface area contributed by atoms with Gasteiger partial charge in [-0.15, -0.1) is 24.8 Å². The smallest absolute Gasteiger partial charge is 0.225 e. The van der Waals surface area contributed by atoms with Gasteiger partial charge in [0.15, 0.2) is 0 Å². The van der Waals surface area contributed by atoms with Crippen LogP contribution in [0.4, 0.5) is 11.4 Å². The van der Waals surface area contributed by atoms with Crippen LogP contribution in [0, 0.1) is 0 Å². The van der Waals surface area contributed by atoms with E-state index in [2.05, 4.69) is 112 Å². The van der Waals surface area contributed by atoms with Crippen LogP contribution in [0.3, 0.4) is 0 Å². The Morgan fingerprint density at radius 3 is 1.03 bits per heavy atom. The van der Waals surface area contributed by atoms with Gasteiger partial charge in [0.05, 0.1) is 60.5 Å². The van der Waals surface area contributed by atoms with E-state index in [0.29, 0.717) is 46.6 Å². The summed E-state index contributed by atoms with van der Waals surface area (Å²) in [5, 5.41) is 0. The van der Waals surface area contributed by atoms with E-state index in [-0.39, 0.29) is 69.7 Å². The monoisotopic (exact) mass is 989 g/mol. The van der Waals surface area contributed by atoms with Crippen LogP contribution >= 0.6 is 24.8 Å². The van der Waals surface area contributed by atoms with Crippen molar-refractivity contribution in [1.82, 2.24) is 9.97 Å². The van der Waals surface area contributed by atoms with Gasteiger partial charge in [-0.1, -0.05) is 152 Å². The third-order valence-electron chi connectivity index (χ3n) is 10.1. The number of pyridine rings is 2. The quantitative estimate of drug-likeness (QED) is 0.0612. The second-order valence-electron chi connectivity index (χ2n) is 15.7. The molecular formula is C52H58Cl2CoN4NiO4. The molecule has 0 spiro atoms. The molecule has 12 heteroatoms. The number of ketones is 2. The molecule has 0 saturated heterocycles. The molecule has 64 heavy (non-hydrogen) atoms. The summed E-state index contributed by atoms with van der Waals surface area (Å²) in [7, 11) is 3.05. The SMILES string of the molecule is COc1nc(-c2ccccc2)ccc1C(=O)C=Nc1c(C(C)C)cccc1C(C)C.COc1nc(-c2ccccc2)ccc1C(=O)C=Nc1c(C(C)C)cccc1C(C)C.Cl.Cl.[Co].[Ni]. The summed E-state index contributed by atoms with van der Waals surface area (Å²) in [4.78, 5) is 44.2. The number of carbonyl (C=O) groups excluding carboxylic acids is 2. The fraction of sp³-hybridized carbons (Fsp3) is 0.269. The minimum atomic E-state index is -0.229. The number of halogens is 2. The Morgan fingerprint density at radius 1 is 0.469 bits per heavy atom. The van der Waals surface area contributed by atoms with E-state index in [9.17, 15) is 9.59 Å². The summed E-state index contributed by atoms with van der Waals surface area (Å²) in [5.41, 5.74) is 10.5. The summed E-state index contributed by atoms with van der Waals surface area (Å²) in [6, 6.07) is 39.2. The van der Waals surface area contributed by atoms with Crippen LogP contribution < -0.4 is 9.47 Å². The van der Waals surface area contributed by atoms with E-state index in [1.54, 1.807) is 12.1 Å². The Kier molecular flexibility index (Phi) is 24.4. The fourth-order valence-corrected chi connectivity index (χ4v) is 6.81. The Balaban J connectivity index is 0.000000602. The predicted octanol–water partition coefficient (Wildman–Crippen LogP) is 14.0. The van der Waals surface area contributed by atoms with Crippen molar-refractivity contribution < 1.29 is 52.3 Å². The van der Waals surface area contributed by atoms with E-state index in [0.717, 1.165) is 56.1 Å². The second-order valence-corrected chi connectivity index (χ2v) is 15.7. The molecule has 6 rings (SSSR count). The minimum Gasteiger partial charge on any atom is -0.480 e. The van der Waals surface area contributed by atoms with Crippen molar-refractivity contribution >= 4 is 60.2 Å². The van der Waals surface area contributed by atoms with Gasteiger partial charge in [0, 0.05) is 44.4 Å². The Morgan fingerprint density at radius 2 is 0.766 bits per heavy atom. The molecule has 2 heterocycles. The molecular weight excluding hydrogens is 933 g/mol. The average molecular weight is 992 g/mol. The molecule has 343 valence electrons. The molecule has 2 aromatic heterocycles. The molecule has 0 N–H and O–H groups in total. The minimum absolute atomic E-state index is 0. The van der Waals surface area contributed by atoms with E-state index in [1.807, 2.05) is 72.8 Å². The van der Waals surface area contributed by atoms with Crippen molar-refractivity contribution in [2.45, 2.75) is 79.1 Å². The van der Waals surface area contributed by atoms with Crippen molar-refractivity contribution in [2.75, 3.05) is 14.2 Å². The molecule has 0 atom stereocenters. The van der Waals surface area contributed by atoms with Crippen molar-refractivity contribution in [3.63, 3.8) is 0 Å². The van der Waals surface area contributed by atoms with Gasteiger partial charge in [0.2, 0.25) is 23.3 Å². The normalized spacial score (nSPS) is 10.7. The summed E-state index contributed by atoms with van der Waals surface area (Å²) in [6.07, 6.45) is 2.77. The maximum atomic E-state index is 12.9. The number of carbonyl (C=O) groups is 2. The van der Waals surface area contributed by atoms with Crippen LogP contribution in [0.1, 0.15) is 122 Å². The first-order valence-corrected chi connectivity index (χ1v) is 20.5. The van der Waals surface area contributed by atoms with Crippen LogP contribution in [-0.4, -0.2) is 48.2 Å².